The van der Waals surface area contributed by atoms with E-state index in [4.69, 9.17) is 9.47 Å². The lowest BCUT2D eigenvalue weighted by atomic mass is 10.1. The van der Waals surface area contributed by atoms with Crippen LogP contribution in [0, 0.1) is 0 Å². The van der Waals surface area contributed by atoms with Crippen molar-refractivity contribution in [2.45, 2.75) is 25.4 Å². The SMILES string of the molecule is COCCCNCCN1CCC(OC)CC1. The molecule has 1 saturated heterocycles. The molecule has 96 valence electrons. The molecule has 0 spiro atoms. The molecule has 1 aliphatic heterocycles. The molecule has 0 aromatic rings. The summed E-state index contributed by atoms with van der Waals surface area (Å²) in [7, 11) is 3.57. The highest BCUT2D eigenvalue weighted by atomic mass is 16.5. The lowest BCUT2D eigenvalue weighted by molar-refractivity contribution is 0.0414. The summed E-state index contributed by atoms with van der Waals surface area (Å²) in [4.78, 5) is 2.51. The van der Waals surface area contributed by atoms with Crippen LogP contribution in [-0.2, 0) is 9.47 Å². The van der Waals surface area contributed by atoms with Gasteiger partial charge < -0.3 is 19.7 Å². The number of nitrogens with zero attached hydrogens (tertiary/aromatic N) is 1. The van der Waals surface area contributed by atoms with Gasteiger partial charge in [-0.2, -0.15) is 0 Å². The van der Waals surface area contributed by atoms with Crippen molar-refractivity contribution in [1.29, 1.82) is 0 Å². The largest absolute Gasteiger partial charge is 0.385 e. The monoisotopic (exact) mass is 230 g/mol. The molecule has 0 aromatic heterocycles. The first-order valence-electron chi connectivity index (χ1n) is 6.31. The number of likely N-dealkylation sites (tertiary alicyclic amines) is 1. The standard InChI is InChI=1S/C12H26N2O2/c1-15-11-3-6-13-7-10-14-8-4-12(16-2)5-9-14/h12-13H,3-11H2,1-2H3. The number of rotatable bonds is 8. The van der Waals surface area contributed by atoms with E-state index in [2.05, 4.69) is 10.2 Å². The predicted molar refractivity (Wildman–Crippen MR) is 65.8 cm³/mol. The number of nitrogens with one attached hydrogen (secondary N) is 1. The minimum absolute atomic E-state index is 0.492. The summed E-state index contributed by atoms with van der Waals surface area (Å²) in [6.07, 6.45) is 3.95. The van der Waals surface area contributed by atoms with Gasteiger partial charge in [0, 0.05) is 47.0 Å². The number of hydrogen-bond acceptors (Lipinski definition) is 4. The lowest BCUT2D eigenvalue weighted by Gasteiger charge is -2.31. The molecule has 1 N–H and O–H groups in total. The molecule has 0 unspecified atom stereocenters. The predicted octanol–water partition coefficient (Wildman–Crippen LogP) is 0.723. The Morgan fingerprint density at radius 1 is 1.19 bits per heavy atom. The highest BCUT2D eigenvalue weighted by Gasteiger charge is 2.17. The summed E-state index contributed by atoms with van der Waals surface area (Å²) < 4.78 is 10.4. The molecule has 4 nitrogen and oxygen atoms in total. The number of hydrogen-bond donors (Lipinski definition) is 1. The van der Waals surface area contributed by atoms with Crippen molar-refractivity contribution in [3.8, 4) is 0 Å². The van der Waals surface area contributed by atoms with Crippen LogP contribution in [-0.4, -0.2) is 64.6 Å². The molecule has 1 aliphatic rings. The van der Waals surface area contributed by atoms with Crippen LogP contribution in [0.2, 0.25) is 0 Å². The van der Waals surface area contributed by atoms with Crippen molar-refractivity contribution in [3.05, 3.63) is 0 Å². The van der Waals surface area contributed by atoms with E-state index < -0.39 is 0 Å². The van der Waals surface area contributed by atoms with E-state index >= 15 is 0 Å². The zero-order chi connectivity index (χ0) is 11.6. The minimum atomic E-state index is 0.492. The zero-order valence-electron chi connectivity index (χ0n) is 10.7. The molecule has 0 aromatic carbocycles. The van der Waals surface area contributed by atoms with Crippen molar-refractivity contribution in [1.82, 2.24) is 10.2 Å². The molecule has 0 aliphatic carbocycles. The summed E-state index contributed by atoms with van der Waals surface area (Å²) in [6.45, 7) is 6.51. The maximum atomic E-state index is 5.35. The first kappa shape index (κ1) is 13.9. The Bertz CT molecular complexity index is 159. The molecule has 1 fully saturated rings. The van der Waals surface area contributed by atoms with Gasteiger partial charge in [0.15, 0.2) is 0 Å². The highest BCUT2D eigenvalue weighted by molar-refractivity contribution is 4.72. The van der Waals surface area contributed by atoms with Gasteiger partial charge in [-0.25, -0.2) is 0 Å². The molecule has 1 heterocycles. The van der Waals surface area contributed by atoms with Gasteiger partial charge in [-0.3, -0.25) is 0 Å². The second-order valence-electron chi connectivity index (χ2n) is 4.37. The van der Waals surface area contributed by atoms with Crippen molar-refractivity contribution < 1.29 is 9.47 Å². The van der Waals surface area contributed by atoms with Crippen LogP contribution in [0.4, 0.5) is 0 Å². The first-order valence-corrected chi connectivity index (χ1v) is 6.31. The normalized spacial score (nSPS) is 19.1. The van der Waals surface area contributed by atoms with Gasteiger partial charge in [0.1, 0.15) is 0 Å². The Kier molecular flexibility index (Phi) is 7.76. The molecular weight excluding hydrogens is 204 g/mol. The maximum absolute atomic E-state index is 5.35. The van der Waals surface area contributed by atoms with Gasteiger partial charge in [0.25, 0.3) is 0 Å². The van der Waals surface area contributed by atoms with E-state index in [1.807, 2.05) is 7.11 Å². The Labute approximate surface area is 99.3 Å². The van der Waals surface area contributed by atoms with Crippen LogP contribution in [0.1, 0.15) is 19.3 Å². The molecule has 0 bridgehead atoms. The number of piperidine rings is 1. The van der Waals surface area contributed by atoms with E-state index in [1.54, 1.807) is 7.11 Å². The Hall–Kier alpha value is -0.160. The zero-order valence-corrected chi connectivity index (χ0v) is 10.7. The van der Waals surface area contributed by atoms with Crippen LogP contribution in [0.3, 0.4) is 0 Å². The second-order valence-corrected chi connectivity index (χ2v) is 4.37. The van der Waals surface area contributed by atoms with Crippen molar-refractivity contribution in [2.24, 2.45) is 0 Å². The Morgan fingerprint density at radius 2 is 1.94 bits per heavy atom. The molecule has 0 radical (unpaired) electrons. The van der Waals surface area contributed by atoms with Crippen molar-refractivity contribution in [3.63, 3.8) is 0 Å². The van der Waals surface area contributed by atoms with Crippen LogP contribution in [0.5, 0.6) is 0 Å². The fourth-order valence-electron chi connectivity index (χ4n) is 2.07. The third-order valence-electron chi connectivity index (χ3n) is 3.17. The summed E-state index contributed by atoms with van der Waals surface area (Å²) in [5.74, 6) is 0. The molecule has 16 heavy (non-hydrogen) atoms. The van der Waals surface area contributed by atoms with E-state index in [-0.39, 0.29) is 0 Å². The second kappa shape index (κ2) is 8.93. The van der Waals surface area contributed by atoms with E-state index in [9.17, 15) is 0 Å². The third-order valence-corrected chi connectivity index (χ3v) is 3.17. The number of ether oxygens (including phenoxy) is 2. The average Bonchev–Trinajstić information content (AvgIpc) is 2.34. The van der Waals surface area contributed by atoms with Gasteiger partial charge in [0.2, 0.25) is 0 Å². The first-order chi connectivity index (χ1) is 7.86. The molecule has 1 rings (SSSR count). The Morgan fingerprint density at radius 3 is 2.56 bits per heavy atom. The maximum Gasteiger partial charge on any atom is 0.0595 e. The summed E-state index contributed by atoms with van der Waals surface area (Å²) >= 11 is 0. The third kappa shape index (κ3) is 5.80. The lowest BCUT2D eigenvalue weighted by Crippen LogP contribution is -2.40. The van der Waals surface area contributed by atoms with Gasteiger partial charge >= 0.3 is 0 Å². The topological polar surface area (TPSA) is 33.7 Å². The van der Waals surface area contributed by atoms with Crippen molar-refractivity contribution >= 4 is 0 Å². The number of methoxy groups -OCH3 is 2. The molecule has 0 atom stereocenters. The van der Waals surface area contributed by atoms with Gasteiger partial charge in [0.05, 0.1) is 6.10 Å². The fraction of sp³-hybridized carbons (Fsp3) is 1.00. The van der Waals surface area contributed by atoms with E-state index in [0.717, 1.165) is 32.7 Å². The molecular formula is C12H26N2O2. The summed E-state index contributed by atoms with van der Waals surface area (Å²) in [5.41, 5.74) is 0. The fourth-order valence-corrected chi connectivity index (χ4v) is 2.07. The minimum Gasteiger partial charge on any atom is -0.385 e. The van der Waals surface area contributed by atoms with Crippen molar-refractivity contribution in [2.75, 3.05) is 53.6 Å². The summed E-state index contributed by atoms with van der Waals surface area (Å²) in [5, 5.41) is 3.44. The van der Waals surface area contributed by atoms with Gasteiger partial charge in [-0.05, 0) is 25.8 Å². The average molecular weight is 230 g/mol. The quantitative estimate of drug-likeness (QED) is 0.623. The molecule has 0 saturated carbocycles. The molecule has 4 heteroatoms. The van der Waals surface area contributed by atoms with E-state index in [0.29, 0.717) is 6.10 Å². The van der Waals surface area contributed by atoms with E-state index in [1.165, 1.54) is 25.9 Å². The van der Waals surface area contributed by atoms with Crippen LogP contribution < -0.4 is 5.32 Å². The van der Waals surface area contributed by atoms with Gasteiger partial charge in [-0.15, -0.1) is 0 Å². The van der Waals surface area contributed by atoms with Crippen LogP contribution in [0.15, 0.2) is 0 Å². The van der Waals surface area contributed by atoms with Gasteiger partial charge in [-0.1, -0.05) is 0 Å². The van der Waals surface area contributed by atoms with Crippen LogP contribution in [0.25, 0.3) is 0 Å². The van der Waals surface area contributed by atoms with Crippen LogP contribution >= 0.6 is 0 Å². The smallest absolute Gasteiger partial charge is 0.0595 e. The summed E-state index contributed by atoms with van der Waals surface area (Å²) in [6, 6.07) is 0. The highest BCUT2D eigenvalue weighted by Crippen LogP contribution is 2.11. The molecule has 0 amide bonds. The Balaban J connectivity index is 1.90.